The van der Waals surface area contributed by atoms with Crippen molar-refractivity contribution in [3.63, 3.8) is 0 Å². The van der Waals surface area contributed by atoms with E-state index in [9.17, 15) is 4.79 Å². The summed E-state index contributed by atoms with van der Waals surface area (Å²) in [7, 11) is 0. The average Bonchev–Trinajstić information content (AvgIpc) is 2.88. The summed E-state index contributed by atoms with van der Waals surface area (Å²) < 4.78 is 1.02. The number of hydrogen-bond donors (Lipinski definition) is 3. The summed E-state index contributed by atoms with van der Waals surface area (Å²) in [4.78, 5) is 15.0. The van der Waals surface area contributed by atoms with Gasteiger partial charge in [0.25, 0.3) is 0 Å². The highest BCUT2D eigenvalue weighted by atomic mass is 79.9. The second-order valence-electron chi connectivity index (χ2n) is 4.17. The second kappa shape index (κ2) is 6.34. The van der Waals surface area contributed by atoms with E-state index in [1.165, 1.54) is 11.3 Å². The SMILES string of the molecule is CCc1cc(Br)ccc1Nc1nc(C(N)C(=O)O)cs1. The zero-order valence-electron chi connectivity index (χ0n) is 10.8. The van der Waals surface area contributed by atoms with Gasteiger partial charge < -0.3 is 16.2 Å². The zero-order chi connectivity index (χ0) is 14.7. The molecule has 1 atom stereocenters. The number of nitrogens with zero attached hydrogens (tertiary/aromatic N) is 1. The summed E-state index contributed by atoms with van der Waals surface area (Å²) >= 11 is 4.78. The smallest absolute Gasteiger partial charge is 0.326 e. The molecule has 5 nitrogen and oxygen atoms in total. The topological polar surface area (TPSA) is 88.2 Å². The minimum absolute atomic E-state index is 0.361. The van der Waals surface area contributed by atoms with Crippen LogP contribution in [0.1, 0.15) is 24.2 Å². The fourth-order valence-electron chi connectivity index (χ4n) is 1.70. The number of aryl methyl sites for hydroxylation is 1. The highest BCUT2D eigenvalue weighted by molar-refractivity contribution is 9.10. The molecular weight excluding hydrogens is 342 g/mol. The van der Waals surface area contributed by atoms with Crippen molar-refractivity contribution in [3.8, 4) is 0 Å². The standard InChI is InChI=1S/C13H14BrN3O2S/c1-2-7-5-8(14)3-4-9(7)16-13-17-10(6-20-13)11(15)12(18)19/h3-6,11H,2,15H2,1H3,(H,16,17)(H,18,19). The number of carbonyl (C=O) groups is 1. The quantitative estimate of drug-likeness (QED) is 0.765. The van der Waals surface area contributed by atoms with E-state index in [1.54, 1.807) is 5.38 Å². The maximum Gasteiger partial charge on any atom is 0.326 e. The normalized spacial score (nSPS) is 12.2. The van der Waals surface area contributed by atoms with Gasteiger partial charge in [0, 0.05) is 15.5 Å². The van der Waals surface area contributed by atoms with Crippen LogP contribution in [0.15, 0.2) is 28.1 Å². The first-order chi connectivity index (χ1) is 9.51. The Morgan fingerprint density at radius 2 is 2.35 bits per heavy atom. The van der Waals surface area contributed by atoms with E-state index < -0.39 is 12.0 Å². The van der Waals surface area contributed by atoms with Crippen molar-refractivity contribution >= 4 is 44.1 Å². The third-order valence-electron chi connectivity index (χ3n) is 2.80. The number of aromatic nitrogens is 1. The molecular formula is C13H14BrN3O2S. The number of aliphatic carboxylic acids is 1. The molecule has 106 valence electrons. The Labute approximate surface area is 129 Å². The van der Waals surface area contributed by atoms with E-state index in [-0.39, 0.29) is 0 Å². The molecule has 1 aromatic carbocycles. The molecule has 0 saturated heterocycles. The predicted octanol–water partition coefficient (Wildman–Crippen LogP) is 3.30. The van der Waals surface area contributed by atoms with Crippen molar-refractivity contribution in [2.45, 2.75) is 19.4 Å². The van der Waals surface area contributed by atoms with Crippen molar-refractivity contribution in [2.24, 2.45) is 5.73 Å². The Morgan fingerprint density at radius 3 is 3.00 bits per heavy atom. The number of anilines is 2. The van der Waals surface area contributed by atoms with Crippen LogP contribution in [0.25, 0.3) is 0 Å². The Balaban J connectivity index is 2.21. The summed E-state index contributed by atoms with van der Waals surface area (Å²) in [6.07, 6.45) is 0.884. The van der Waals surface area contributed by atoms with Crippen LogP contribution in [-0.4, -0.2) is 16.1 Å². The lowest BCUT2D eigenvalue weighted by atomic mass is 10.1. The molecule has 20 heavy (non-hydrogen) atoms. The van der Waals surface area contributed by atoms with Gasteiger partial charge in [0.2, 0.25) is 0 Å². The van der Waals surface area contributed by atoms with Crippen LogP contribution >= 0.6 is 27.3 Å². The molecule has 0 aliphatic rings. The van der Waals surface area contributed by atoms with Crippen LogP contribution < -0.4 is 11.1 Å². The lowest BCUT2D eigenvalue weighted by Crippen LogP contribution is -2.20. The molecule has 1 heterocycles. The van der Waals surface area contributed by atoms with Crippen molar-refractivity contribution in [2.75, 3.05) is 5.32 Å². The summed E-state index contributed by atoms with van der Waals surface area (Å²) in [5, 5.41) is 14.4. The molecule has 4 N–H and O–H groups in total. The van der Waals surface area contributed by atoms with Gasteiger partial charge >= 0.3 is 5.97 Å². The molecule has 0 aliphatic carbocycles. The van der Waals surface area contributed by atoms with Gasteiger partial charge in [-0.2, -0.15) is 0 Å². The number of carboxylic acids is 1. The largest absolute Gasteiger partial charge is 0.480 e. The van der Waals surface area contributed by atoms with E-state index in [0.29, 0.717) is 10.8 Å². The Kier molecular flexibility index (Phi) is 4.74. The average molecular weight is 356 g/mol. The number of carboxylic acid groups (broad SMARTS) is 1. The Bertz CT molecular complexity index is 630. The van der Waals surface area contributed by atoms with Crippen molar-refractivity contribution in [1.29, 1.82) is 0 Å². The number of nitrogens with two attached hydrogens (primary N) is 1. The van der Waals surface area contributed by atoms with Crippen LogP contribution in [0, 0.1) is 0 Å². The molecule has 0 amide bonds. The number of nitrogens with one attached hydrogen (secondary N) is 1. The Hall–Kier alpha value is -1.44. The minimum Gasteiger partial charge on any atom is -0.480 e. The van der Waals surface area contributed by atoms with Crippen LogP contribution in [0.2, 0.25) is 0 Å². The molecule has 7 heteroatoms. The molecule has 0 spiro atoms. The third-order valence-corrected chi connectivity index (χ3v) is 4.07. The van der Waals surface area contributed by atoms with E-state index in [4.69, 9.17) is 10.8 Å². The van der Waals surface area contributed by atoms with E-state index in [2.05, 4.69) is 33.2 Å². The molecule has 2 rings (SSSR count). The van der Waals surface area contributed by atoms with Crippen molar-refractivity contribution in [3.05, 3.63) is 39.3 Å². The number of thiazole rings is 1. The molecule has 1 aromatic heterocycles. The molecule has 0 saturated carbocycles. The van der Waals surface area contributed by atoms with Gasteiger partial charge in [0.1, 0.15) is 6.04 Å². The fourth-order valence-corrected chi connectivity index (χ4v) is 2.87. The van der Waals surface area contributed by atoms with Crippen molar-refractivity contribution in [1.82, 2.24) is 4.98 Å². The molecule has 0 fully saturated rings. The van der Waals surface area contributed by atoms with Crippen LogP contribution in [0.5, 0.6) is 0 Å². The van der Waals surface area contributed by atoms with E-state index in [1.807, 2.05) is 18.2 Å². The first-order valence-electron chi connectivity index (χ1n) is 6.00. The lowest BCUT2D eigenvalue weighted by Gasteiger charge is -2.09. The molecule has 0 bridgehead atoms. The van der Waals surface area contributed by atoms with Crippen LogP contribution in [-0.2, 0) is 11.2 Å². The highest BCUT2D eigenvalue weighted by Gasteiger charge is 2.17. The summed E-state index contributed by atoms with van der Waals surface area (Å²) in [6, 6.07) is 4.86. The summed E-state index contributed by atoms with van der Waals surface area (Å²) in [6.45, 7) is 2.07. The van der Waals surface area contributed by atoms with Crippen molar-refractivity contribution < 1.29 is 9.90 Å². The van der Waals surface area contributed by atoms with Gasteiger partial charge in [0.05, 0.1) is 5.69 Å². The summed E-state index contributed by atoms with van der Waals surface area (Å²) in [5.74, 6) is -1.08. The number of rotatable bonds is 5. The van der Waals surface area contributed by atoms with Gasteiger partial charge in [-0.1, -0.05) is 22.9 Å². The number of hydrogen-bond acceptors (Lipinski definition) is 5. The number of halogens is 1. The van der Waals surface area contributed by atoms with E-state index >= 15 is 0 Å². The highest BCUT2D eigenvalue weighted by Crippen LogP contribution is 2.27. The first-order valence-corrected chi connectivity index (χ1v) is 7.67. The summed E-state index contributed by atoms with van der Waals surface area (Å²) in [5.41, 5.74) is 8.00. The first kappa shape index (κ1) is 15.0. The third kappa shape index (κ3) is 3.36. The molecule has 2 aromatic rings. The van der Waals surface area contributed by atoms with E-state index in [0.717, 1.165) is 22.1 Å². The van der Waals surface area contributed by atoms with Gasteiger partial charge in [-0.05, 0) is 30.2 Å². The van der Waals surface area contributed by atoms with Crippen LogP contribution in [0.4, 0.5) is 10.8 Å². The van der Waals surface area contributed by atoms with Gasteiger partial charge in [0.15, 0.2) is 5.13 Å². The minimum atomic E-state index is -1.09. The second-order valence-corrected chi connectivity index (χ2v) is 5.95. The van der Waals surface area contributed by atoms with Gasteiger partial charge in [-0.3, -0.25) is 4.79 Å². The predicted molar refractivity (Wildman–Crippen MR) is 83.5 cm³/mol. The van der Waals surface area contributed by atoms with Crippen LogP contribution in [0.3, 0.4) is 0 Å². The molecule has 1 unspecified atom stereocenters. The van der Waals surface area contributed by atoms with Gasteiger partial charge in [-0.25, -0.2) is 4.98 Å². The maximum absolute atomic E-state index is 10.8. The monoisotopic (exact) mass is 355 g/mol. The maximum atomic E-state index is 10.8. The molecule has 0 aliphatic heterocycles. The molecule has 0 radical (unpaired) electrons. The Morgan fingerprint density at radius 1 is 1.60 bits per heavy atom. The zero-order valence-corrected chi connectivity index (χ0v) is 13.2. The fraction of sp³-hybridized carbons (Fsp3) is 0.231. The van der Waals surface area contributed by atoms with Gasteiger partial charge in [-0.15, -0.1) is 11.3 Å². The number of benzene rings is 1. The lowest BCUT2D eigenvalue weighted by molar-refractivity contribution is -0.138.